The van der Waals surface area contributed by atoms with Crippen LogP contribution in [0, 0.1) is 0 Å². The lowest BCUT2D eigenvalue weighted by Crippen LogP contribution is -2.39. The second-order valence-corrected chi connectivity index (χ2v) is 9.30. The van der Waals surface area contributed by atoms with Gasteiger partial charge in [-0.15, -0.1) is 0 Å². The molecule has 0 aromatic heterocycles. The number of nitrogens with zero attached hydrogens (tertiary/aromatic N) is 1. The zero-order chi connectivity index (χ0) is 23.2. The summed E-state index contributed by atoms with van der Waals surface area (Å²) in [4.78, 5) is 27.9. The second kappa shape index (κ2) is 9.30. The van der Waals surface area contributed by atoms with Crippen LogP contribution in [-0.4, -0.2) is 23.3 Å². The van der Waals surface area contributed by atoms with Crippen molar-refractivity contribution in [1.82, 2.24) is 4.90 Å². The molecule has 0 saturated heterocycles. The van der Waals surface area contributed by atoms with Crippen LogP contribution in [0.5, 0.6) is 0 Å². The summed E-state index contributed by atoms with van der Waals surface area (Å²) in [6.07, 6.45) is 0. The standard InChI is InChI=1S/C22H12Cl6N2O2/c23-11-6-7-13-12(8-11)21(10-4-2-1-3-5-10)30(9-14(31)29-13)22(32)15-16(24)18(26)20(28)19(27)17(15)25/h1-8,21H,9H2,(H,29,31)/t21-/m1/s1. The van der Waals surface area contributed by atoms with E-state index in [1.807, 2.05) is 30.3 Å². The van der Waals surface area contributed by atoms with Gasteiger partial charge in [-0.2, -0.15) is 0 Å². The molecule has 0 bridgehead atoms. The van der Waals surface area contributed by atoms with Gasteiger partial charge in [0.15, 0.2) is 0 Å². The number of amides is 2. The van der Waals surface area contributed by atoms with Crippen LogP contribution in [0.2, 0.25) is 30.1 Å². The SMILES string of the molecule is O=C1CN(C(=O)c2c(Cl)c(Cl)c(Cl)c(Cl)c2Cl)[C@H](c2ccccc2)c2cc(Cl)ccc2N1. The fraction of sp³-hybridized carbons (Fsp3) is 0.0909. The van der Waals surface area contributed by atoms with E-state index in [1.165, 1.54) is 4.90 Å². The summed E-state index contributed by atoms with van der Waals surface area (Å²) >= 11 is 37.4. The Morgan fingerprint density at radius 3 is 2.06 bits per heavy atom. The van der Waals surface area contributed by atoms with Gasteiger partial charge in [0.05, 0.1) is 36.7 Å². The normalized spacial score (nSPS) is 15.8. The molecule has 164 valence electrons. The molecule has 4 rings (SSSR count). The van der Waals surface area contributed by atoms with E-state index in [0.29, 0.717) is 16.3 Å². The summed E-state index contributed by atoms with van der Waals surface area (Å²) in [5.74, 6) is -1.05. The van der Waals surface area contributed by atoms with Crippen molar-refractivity contribution in [1.29, 1.82) is 0 Å². The molecule has 1 heterocycles. The molecule has 3 aromatic rings. The highest BCUT2D eigenvalue weighted by atomic mass is 35.5. The maximum Gasteiger partial charge on any atom is 0.258 e. The third-order valence-corrected chi connectivity index (χ3v) is 7.52. The minimum atomic E-state index is -0.684. The van der Waals surface area contributed by atoms with Crippen molar-refractivity contribution in [2.24, 2.45) is 0 Å². The average molecular weight is 549 g/mol. The molecule has 1 atom stereocenters. The van der Waals surface area contributed by atoms with Gasteiger partial charge < -0.3 is 10.2 Å². The van der Waals surface area contributed by atoms with Crippen molar-refractivity contribution in [2.75, 3.05) is 11.9 Å². The van der Waals surface area contributed by atoms with Crippen LogP contribution >= 0.6 is 69.6 Å². The third kappa shape index (κ3) is 4.16. The number of anilines is 1. The molecule has 0 radical (unpaired) electrons. The van der Waals surface area contributed by atoms with E-state index in [9.17, 15) is 9.59 Å². The Bertz CT molecular complexity index is 1220. The summed E-state index contributed by atoms with van der Waals surface area (Å²) < 4.78 is 0. The van der Waals surface area contributed by atoms with Crippen LogP contribution < -0.4 is 5.32 Å². The Hall–Kier alpha value is -1.66. The molecule has 10 heteroatoms. The molecular formula is C22H12Cl6N2O2. The number of nitrogens with one attached hydrogen (secondary N) is 1. The highest BCUT2D eigenvalue weighted by molar-refractivity contribution is 6.56. The lowest BCUT2D eigenvalue weighted by Gasteiger charge is -2.31. The van der Waals surface area contributed by atoms with Gasteiger partial charge in [0.2, 0.25) is 5.91 Å². The molecule has 3 aromatic carbocycles. The molecule has 0 aliphatic carbocycles. The van der Waals surface area contributed by atoms with Crippen LogP contribution in [0.4, 0.5) is 5.69 Å². The highest BCUT2D eigenvalue weighted by Gasteiger charge is 2.37. The molecule has 0 saturated carbocycles. The number of carbonyl (C=O) groups is 2. The third-order valence-electron chi connectivity index (χ3n) is 5.01. The molecule has 1 aliphatic rings. The molecule has 0 spiro atoms. The summed E-state index contributed by atoms with van der Waals surface area (Å²) in [5.41, 5.74) is 1.76. The predicted molar refractivity (Wildman–Crippen MR) is 131 cm³/mol. The predicted octanol–water partition coefficient (Wildman–Crippen LogP) is 7.79. The van der Waals surface area contributed by atoms with E-state index in [4.69, 9.17) is 69.6 Å². The number of hydrogen-bond acceptors (Lipinski definition) is 2. The van der Waals surface area contributed by atoms with Gasteiger partial charge in [-0.1, -0.05) is 99.9 Å². The number of fused-ring (bicyclic) bond motifs is 1. The zero-order valence-corrected chi connectivity index (χ0v) is 20.5. The Morgan fingerprint density at radius 2 is 1.44 bits per heavy atom. The van der Waals surface area contributed by atoms with Crippen molar-refractivity contribution in [3.63, 3.8) is 0 Å². The Kier molecular flexibility index (Phi) is 6.83. The Balaban J connectivity index is 1.96. The first-order valence-corrected chi connectivity index (χ1v) is 11.4. The maximum atomic E-state index is 13.8. The van der Waals surface area contributed by atoms with E-state index in [-0.39, 0.29) is 37.2 Å². The van der Waals surface area contributed by atoms with Crippen molar-refractivity contribution in [3.8, 4) is 0 Å². The number of rotatable bonds is 2. The van der Waals surface area contributed by atoms with Gasteiger partial charge in [-0.3, -0.25) is 9.59 Å². The van der Waals surface area contributed by atoms with E-state index in [2.05, 4.69) is 5.32 Å². The van der Waals surface area contributed by atoms with Crippen LogP contribution in [0.15, 0.2) is 48.5 Å². The Morgan fingerprint density at radius 1 is 0.844 bits per heavy atom. The first-order chi connectivity index (χ1) is 15.2. The van der Waals surface area contributed by atoms with E-state index in [0.717, 1.165) is 5.56 Å². The average Bonchev–Trinajstić information content (AvgIpc) is 2.92. The molecule has 2 amide bonds. The summed E-state index contributed by atoms with van der Waals surface area (Å²) in [6.45, 7) is -0.283. The second-order valence-electron chi connectivity index (χ2n) is 6.97. The van der Waals surface area contributed by atoms with Crippen LogP contribution in [0.25, 0.3) is 0 Å². The van der Waals surface area contributed by atoms with Gasteiger partial charge in [0, 0.05) is 16.3 Å². The molecule has 0 fully saturated rings. The largest absolute Gasteiger partial charge is 0.324 e. The zero-order valence-electron chi connectivity index (χ0n) is 15.9. The van der Waals surface area contributed by atoms with Crippen LogP contribution in [0.3, 0.4) is 0 Å². The summed E-state index contributed by atoms with van der Waals surface area (Å²) in [6, 6.07) is 13.6. The number of carbonyl (C=O) groups excluding carboxylic acids is 2. The number of hydrogen-bond donors (Lipinski definition) is 1. The molecular weight excluding hydrogens is 537 g/mol. The van der Waals surface area contributed by atoms with Crippen molar-refractivity contribution >= 4 is 87.1 Å². The first-order valence-electron chi connectivity index (χ1n) is 9.17. The minimum absolute atomic E-state index is 0.0646. The topological polar surface area (TPSA) is 49.4 Å². The molecule has 1 N–H and O–H groups in total. The highest BCUT2D eigenvalue weighted by Crippen LogP contribution is 2.46. The fourth-order valence-electron chi connectivity index (χ4n) is 3.60. The van der Waals surface area contributed by atoms with E-state index in [1.54, 1.807) is 18.2 Å². The van der Waals surface area contributed by atoms with Gasteiger partial charge in [-0.05, 0) is 23.8 Å². The quantitative estimate of drug-likeness (QED) is 0.262. The van der Waals surface area contributed by atoms with E-state index < -0.39 is 17.9 Å². The van der Waals surface area contributed by atoms with Gasteiger partial charge in [0.25, 0.3) is 5.91 Å². The summed E-state index contributed by atoms with van der Waals surface area (Å²) in [5, 5.41) is 2.68. The van der Waals surface area contributed by atoms with Crippen molar-refractivity contribution < 1.29 is 9.59 Å². The van der Waals surface area contributed by atoms with Gasteiger partial charge in [-0.25, -0.2) is 0 Å². The molecule has 1 aliphatic heterocycles. The van der Waals surface area contributed by atoms with E-state index >= 15 is 0 Å². The lowest BCUT2D eigenvalue weighted by molar-refractivity contribution is -0.117. The maximum absolute atomic E-state index is 13.8. The monoisotopic (exact) mass is 546 g/mol. The molecule has 32 heavy (non-hydrogen) atoms. The lowest BCUT2D eigenvalue weighted by atomic mass is 9.95. The summed E-state index contributed by atoms with van der Waals surface area (Å²) in [7, 11) is 0. The molecule has 0 unspecified atom stereocenters. The van der Waals surface area contributed by atoms with Crippen LogP contribution in [-0.2, 0) is 4.79 Å². The number of benzene rings is 3. The van der Waals surface area contributed by atoms with Crippen LogP contribution in [0.1, 0.15) is 27.5 Å². The van der Waals surface area contributed by atoms with Gasteiger partial charge in [0.1, 0.15) is 6.54 Å². The minimum Gasteiger partial charge on any atom is -0.324 e. The number of halogens is 6. The van der Waals surface area contributed by atoms with Crippen molar-refractivity contribution in [2.45, 2.75) is 6.04 Å². The Labute approximate surface area is 213 Å². The van der Waals surface area contributed by atoms with Crippen molar-refractivity contribution in [3.05, 3.63) is 95.4 Å². The molecule has 4 nitrogen and oxygen atoms in total. The smallest absolute Gasteiger partial charge is 0.258 e. The fourth-order valence-corrected chi connectivity index (χ4v) is 5.08. The first kappa shape index (κ1) is 23.5. The van der Waals surface area contributed by atoms with Gasteiger partial charge >= 0.3 is 0 Å².